The van der Waals surface area contributed by atoms with Crippen LogP contribution in [0.3, 0.4) is 0 Å². The second kappa shape index (κ2) is 8.47. The number of rotatable bonds is 8. The molecule has 3 heteroatoms. The molecule has 0 amide bonds. The summed E-state index contributed by atoms with van der Waals surface area (Å²) in [4.78, 5) is 0. The zero-order valence-corrected chi connectivity index (χ0v) is 14.4. The summed E-state index contributed by atoms with van der Waals surface area (Å²) in [6.45, 7) is 8.04. The fourth-order valence-electron chi connectivity index (χ4n) is 2.43. The third-order valence-electron chi connectivity index (χ3n) is 3.75. The van der Waals surface area contributed by atoms with E-state index in [9.17, 15) is 0 Å². The van der Waals surface area contributed by atoms with Crippen molar-refractivity contribution in [3.8, 4) is 5.75 Å². The molecule has 0 aromatic heterocycles. The number of nitrogen functional groups attached to an aromatic ring is 1. The highest BCUT2D eigenvalue weighted by atomic mass is 16.5. The van der Waals surface area contributed by atoms with Crippen molar-refractivity contribution < 1.29 is 4.74 Å². The number of anilines is 2. The van der Waals surface area contributed by atoms with Crippen LogP contribution in [0.4, 0.5) is 11.4 Å². The lowest BCUT2D eigenvalue weighted by atomic mass is 10.1. The summed E-state index contributed by atoms with van der Waals surface area (Å²) in [5.74, 6) is 1.29. The van der Waals surface area contributed by atoms with E-state index in [-0.39, 0.29) is 0 Å². The van der Waals surface area contributed by atoms with Crippen molar-refractivity contribution >= 4 is 11.4 Å². The van der Waals surface area contributed by atoms with Crippen molar-refractivity contribution in [1.29, 1.82) is 0 Å². The normalized spacial score (nSPS) is 10.8. The van der Waals surface area contributed by atoms with Crippen LogP contribution in [0.15, 0.2) is 42.5 Å². The second-order valence-electron chi connectivity index (χ2n) is 6.42. The average molecular weight is 312 g/mol. The molecule has 0 unspecified atom stereocenters. The van der Waals surface area contributed by atoms with Crippen LogP contribution in [0.2, 0.25) is 0 Å². The van der Waals surface area contributed by atoms with Crippen molar-refractivity contribution in [2.45, 2.75) is 33.6 Å². The molecule has 0 saturated carbocycles. The molecule has 2 aromatic rings. The van der Waals surface area contributed by atoms with E-state index in [0.29, 0.717) is 12.5 Å². The van der Waals surface area contributed by atoms with Gasteiger partial charge in [0.25, 0.3) is 0 Å². The first-order valence-electron chi connectivity index (χ1n) is 8.37. The smallest absolute Gasteiger partial charge is 0.142 e. The Morgan fingerprint density at radius 3 is 2.61 bits per heavy atom. The van der Waals surface area contributed by atoms with Crippen molar-refractivity contribution in [3.63, 3.8) is 0 Å². The molecule has 2 aromatic carbocycles. The Balaban J connectivity index is 1.80. The van der Waals surface area contributed by atoms with E-state index in [0.717, 1.165) is 30.8 Å². The topological polar surface area (TPSA) is 47.3 Å². The Hall–Kier alpha value is -2.16. The van der Waals surface area contributed by atoms with Crippen LogP contribution in [0, 0.1) is 12.8 Å². The van der Waals surface area contributed by atoms with E-state index < -0.39 is 0 Å². The number of ether oxygens (including phenoxy) is 1. The highest BCUT2D eigenvalue weighted by Crippen LogP contribution is 2.23. The van der Waals surface area contributed by atoms with E-state index in [1.807, 2.05) is 12.1 Å². The summed E-state index contributed by atoms with van der Waals surface area (Å²) < 4.78 is 5.71. The van der Waals surface area contributed by atoms with Gasteiger partial charge in [-0.3, -0.25) is 0 Å². The molecule has 0 aliphatic heterocycles. The van der Waals surface area contributed by atoms with Gasteiger partial charge in [0.15, 0.2) is 0 Å². The maximum atomic E-state index is 6.08. The van der Waals surface area contributed by atoms with Crippen LogP contribution in [0.1, 0.15) is 31.4 Å². The molecule has 3 N–H and O–H groups in total. The molecule has 0 atom stereocenters. The fraction of sp³-hybridized carbons (Fsp3) is 0.400. The molecule has 0 fully saturated rings. The van der Waals surface area contributed by atoms with Gasteiger partial charge in [-0.05, 0) is 55.0 Å². The average Bonchev–Trinajstić information content (AvgIpc) is 2.52. The van der Waals surface area contributed by atoms with E-state index >= 15 is 0 Å². The molecular weight excluding hydrogens is 284 g/mol. The van der Waals surface area contributed by atoms with Gasteiger partial charge in [0.05, 0.1) is 12.3 Å². The molecule has 0 aliphatic carbocycles. The molecule has 3 nitrogen and oxygen atoms in total. The molecule has 0 heterocycles. The van der Waals surface area contributed by atoms with Crippen LogP contribution in [0.5, 0.6) is 5.75 Å². The molecular formula is C20H28N2O. The summed E-state index contributed by atoms with van der Waals surface area (Å²) in [5.41, 5.74) is 10.6. The predicted octanol–water partition coefficient (Wildman–Crippen LogP) is 4.66. The van der Waals surface area contributed by atoms with E-state index in [2.05, 4.69) is 56.4 Å². The van der Waals surface area contributed by atoms with Crippen LogP contribution in [-0.4, -0.2) is 13.2 Å². The Morgan fingerprint density at radius 1 is 1.13 bits per heavy atom. The maximum absolute atomic E-state index is 6.08. The largest absolute Gasteiger partial charge is 0.491 e. The van der Waals surface area contributed by atoms with E-state index in [1.54, 1.807) is 0 Å². The number of benzene rings is 2. The third kappa shape index (κ3) is 5.51. The first-order valence-corrected chi connectivity index (χ1v) is 8.37. The first-order chi connectivity index (χ1) is 11.1. The molecule has 23 heavy (non-hydrogen) atoms. The van der Waals surface area contributed by atoms with Gasteiger partial charge >= 0.3 is 0 Å². The minimum absolute atomic E-state index is 0.501. The number of aryl methyl sites for hydroxylation is 2. The van der Waals surface area contributed by atoms with Crippen LogP contribution in [-0.2, 0) is 6.42 Å². The van der Waals surface area contributed by atoms with Crippen molar-refractivity contribution in [2.75, 3.05) is 24.2 Å². The Labute approximate surface area is 139 Å². The van der Waals surface area contributed by atoms with E-state index in [1.165, 1.54) is 16.8 Å². The number of hydrogen-bond acceptors (Lipinski definition) is 3. The molecule has 124 valence electrons. The minimum atomic E-state index is 0.501. The molecule has 0 spiro atoms. The second-order valence-corrected chi connectivity index (χ2v) is 6.42. The van der Waals surface area contributed by atoms with Crippen LogP contribution in [0.25, 0.3) is 0 Å². The van der Waals surface area contributed by atoms with Crippen LogP contribution >= 0.6 is 0 Å². The van der Waals surface area contributed by atoms with Gasteiger partial charge in [0.2, 0.25) is 0 Å². The number of nitrogens with one attached hydrogen (secondary N) is 1. The molecule has 0 bridgehead atoms. The Bertz CT molecular complexity index is 623. The Kier molecular flexibility index (Phi) is 6.33. The lowest BCUT2D eigenvalue weighted by Crippen LogP contribution is -2.07. The molecule has 2 rings (SSSR count). The predicted molar refractivity (Wildman–Crippen MR) is 99.2 cm³/mol. The van der Waals surface area contributed by atoms with Crippen molar-refractivity contribution in [3.05, 3.63) is 53.6 Å². The Morgan fingerprint density at radius 2 is 1.91 bits per heavy atom. The monoisotopic (exact) mass is 312 g/mol. The quantitative estimate of drug-likeness (QED) is 0.550. The molecule has 0 radical (unpaired) electrons. The summed E-state index contributed by atoms with van der Waals surface area (Å²) in [7, 11) is 0. The van der Waals surface area contributed by atoms with Gasteiger partial charge in [-0.1, -0.05) is 38.1 Å². The van der Waals surface area contributed by atoms with Crippen LogP contribution < -0.4 is 15.8 Å². The van der Waals surface area contributed by atoms with Gasteiger partial charge in [0, 0.05) is 12.2 Å². The molecule has 0 saturated heterocycles. The summed E-state index contributed by atoms with van der Waals surface area (Å²) >= 11 is 0. The highest BCUT2D eigenvalue weighted by Gasteiger charge is 2.04. The van der Waals surface area contributed by atoms with Gasteiger partial charge < -0.3 is 15.8 Å². The van der Waals surface area contributed by atoms with Crippen molar-refractivity contribution in [2.24, 2.45) is 5.92 Å². The number of hydrogen-bond donors (Lipinski definition) is 2. The third-order valence-corrected chi connectivity index (χ3v) is 3.75. The van der Waals surface area contributed by atoms with Gasteiger partial charge in [-0.2, -0.15) is 0 Å². The lowest BCUT2D eigenvalue weighted by Gasteiger charge is -2.12. The lowest BCUT2D eigenvalue weighted by molar-refractivity contribution is 0.272. The summed E-state index contributed by atoms with van der Waals surface area (Å²) in [5, 5.41) is 3.49. The summed E-state index contributed by atoms with van der Waals surface area (Å²) in [6, 6.07) is 14.5. The van der Waals surface area contributed by atoms with Gasteiger partial charge in [0.1, 0.15) is 5.75 Å². The van der Waals surface area contributed by atoms with Gasteiger partial charge in [-0.25, -0.2) is 0 Å². The number of nitrogens with two attached hydrogens (primary N) is 1. The first kappa shape index (κ1) is 17.2. The zero-order valence-electron chi connectivity index (χ0n) is 14.4. The van der Waals surface area contributed by atoms with Gasteiger partial charge in [-0.15, -0.1) is 0 Å². The van der Waals surface area contributed by atoms with E-state index in [4.69, 9.17) is 10.5 Å². The standard InChI is InChI=1S/C20H28N2O/c1-15(2)14-23-20-11-10-17(13-18(20)21)8-6-12-22-19-9-5-4-7-16(19)3/h4-5,7,9-11,13,15,22H,6,8,12,14,21H2,1-3H3. The maximum Gasteiger partial charge on any atom is 0.142 e. The SMILES string of the molecule is Cc1ccccc1NCCCc1ccc(OCC(C)C)c(N)c1. The highest BCUT2D eigenvalue weighted by molar-refractivity contribution is 5.54. The molecule has 0 aliphatic rings. The van der Waals surface area contributed by atoms with Crippen molar-refractivity contribution in [1.82, 2.24) is 0 Å². The summed E-state index contributed by atoms with van der Waals surface area (Å²) in [6.07, 6.45) is 2.08. The minimum Gasteiger partial charge on any atom is -0.491 e. The zero-order chi connectivity index (χ0) is 16.7. The number of para-hydroxylation sites is 1. The fourth-order valence-corrected chi connectivity index (χ4v) is 2.43.